The SMILES string of the molecule is O=C(O)Cc1coc2cc(OCc3cccc(COc4ccc(C(F)(F)F)cc4)c3)ccc12. The number of hydrogen-bond acceptors (Lipinski definition) is 4. The largest absolute Gasteiger partial charge is 0.489 e. The fraction of sp³-hybridized carbons (Fsp3) is 0.160. The molecule has 1 aromatic heterocycles. The van der Waals surface area contributed by atoms with Gasteiger partial charge < -0.3 is 19.0 Å². The highest BCUT2D eigenvalue weighted by molar-refractivity contribution is 5.86. The van der Waals surface area contributed by atoms with Gasteiger partial charge in [0.05, 0.1) is 18.2 Å². The molecule has 0 spiro atoms. The second-order valence-electron chi connectivity index (χ2n) is 7.41. The molecule has 0 amide bonds. The third-order valence-corrected chi connectivity index (χ3v) is 4.95. The van der Waals surface area contributed by atoms with Gasteiger partial charge in [0.15, 0.2) is 0 Å². The molecule has 1 N–H and O–H groups in total. The highest BCUT2D eigenvalue weighted by Crippen LogP contribution is 2.30. The predicted octanol–water partition coefficient (Wildman–Crippen LogP) is 6.24. The van der Waals surface area contributed by atoms with E-state index < -0.39 is 17.7 Å². The van der Waals surface area contributed by atoms with Crippen LogP contribution in [0.25, 0.3) is 11.0 Å². The average molecular weight is 456 g/mol. The summed E-state index contributed by atoms with van der Waals surface area (Å²) >= 11 is 0. The van der Waals surface area contributed by atoms with Crippen molar-refractivity contribution >= 4 is 16.9 Å². The van der Waals surface area contributed by atoms with Crippen molar-refractivity contribution in [3.63, 3.8) is 0 Å². The molecule has 0 saturated heterocycles. The van der Waals surface area contributed by atoms with Crippen molar-refractivity contribution in [2.45, 2.75) is 25.8 Å². The Kier molecular flexibility index (Phi) is 6.26. The molecule has 0 fully saturated rings. The first-order valence-electron chi connectivity index (χ1n) is 10.0. The van der Waals surface area contributed by atoms with Gasteiger partial charge in [0, 0.05) is 17.0 Å². The number of carboxylic acids is 1. The molecule has 8 heteroatoms. The van der Waals surface area contributed by atoms with Crippen LogP contribution in [0.2, 0.25) is 0 Å². The van der Waals surface area contributed by atoms with E-state index >= 15 is 0 Å². The van der Waals surface area contributed by atoms with Crippen LogP contribution in [0, 0.1) is 0 Å². The van der Waals surface area contributed by atoms with Crippen LogP contribution in [-0.2, 0) is 30.6 Å². The Morgan fingerprint density at radius 2 is 1.52 bits per heavy atom. The van der Waals surface area contributed by atoms with Gasteiger partial charge in [0.25, 0.3) is 0 Å². The van der Waals surface area contributed by atoms with Gasteiger partial charge in [-0.2, -0.15) is 13.2 Å². The summed E-state index contributed by atoms with van der Waals surface area (Å²) in [5.41, 5.74) is 2.15. The molecular weight excluding hydrogens is 437 g/mol. The first-order chi connectivity index (χ1) is 15.8. The van der Waals surface area contributed by atoms with Crippen molar-refractivity contribution in [1.29, 1.82) is 0 Å². The minimum atomic E-state index is -4.38. The Bertz CT molecular complexity index is 1260. The highest BCUT2D eigenvalue weighted by atomic mass is 19.4. The molecule has 5 nitrogen and oxygen atoms in total. The van der Waals surface area contributed by atoms with Gasteiger partial charge >= 0.3 is 12.1 Å². The lowest BCUT2D eigenvalue weighted by atomic mass is 10.1. The zero-order chi connectivity index (χ0) is 23.4. The molecular formula is C25H19F3O5. The number of hydrogen-bond donors (Lipinski definition) is 1. The average Bonchev–Trinajstić information content (AvgIpc) is 3.17. The molecule has 0 aliphatic carbocycles. The van der Waals surface area contributed by atoms with Gasteiger partial charge in [-0.15, -0.1) is 0 Å². The minimum absolute atomic E-state index is 0.117. The molecule has 0 aliphatic heterocycles. The lowest BCUT2D eigenvalue weighted by Gasteiger charge is -2.11. The molecule has 0 saturated carbocycles. The van der Waals surface area contributed by atoms with Crippen molar-refractivity contribution < 1.29 is 37.0 Å². The van der Waals surface area contributed by atoms with E-state index in [0.29, 0.717) is 22.6 Å². The smallest absolute Gasteiger partial charge is 0.416 e. The zero-order valence-electron chi connectivity index (χ0n) is 17.3. The van der Waals surface area contributed by atoms with Crippen LogP contribution in [0.5, 0.6) is 11.5 Å². The number of alkyl halides is 3. The maximum Gasteiger partial charge on any atom is 0.416 e. The van der Waals surface area contributed by atoms with Gasteiger partial charge in [-0.3, -0.25) is 4.79 Å². The van der Waals surface area contributed by atoms with Crippen LogP contribution in [0.1, 0.15) is 22.3 Å². The highest BCUT2D eigenvalue weighted by Gasteiger charge is 2.30. The molecule has 0 bridgehead atoms. The number of carbonyl (C=O) groups is 1. The summed E-state index contributed by atoms with van der Waals surface area (Å²) in [5, 5.41) is 9.69. The summed E-state index contributed by atoms with van der Waals surface area (Å²) in [7, 11) is 0. The normalized spacial score (nSPS) is 11.5. The monoisotopic (exact) mass is 456 g/mol. The number of rotatable bonds is 8. The topological polar surface area (TPSA) is 68.9 Å². The van der Waals surface area contributed by atoms with Crippen LogP contribution in [0.15, 0.2) is 77.4 Å². The quantitative estimate of drug-likeness (QED) is 0.340. The predicted molar refractivity (Wildman–Crippen MR) is 114 cm³/mol. The van der Waals surface area contributed by atoms with Crippen LogP contribution in [0.3, 0.4) is 0 Å². The molecule has 0 aliphatic rings. The van der Waals surface area contributed by atoms with E-state index in [4.69, 9.17) is 19.0 Å². The Morgan fingerprint density at radius 1 is 0.879 bits per heavy atom. The first kappa shape index (κ1) is 22.3. The van der Waals surface area contributed by atoms with Crippen molar-refractivity contribution in [3.05, 3.63) is 95.2 Å². The van der Waals surface area contributed by atoms with E-state index in [0.717, 1.165) is 28.6 Å². The number of fused-ring (bicyclic) bond motifs is 1. The summed E-state index contributed by atoms with van der Waals surface area (Å²) in [6, 6.07) is 17.3. The zero-order valence-corrected chi connectivity index (χ0v) is 17.3. The molecule has 3 aromatic carbocycles. The van der Waals surface area contributed by atoms with Gasteiger partial charge in [0.1, 0.15) is 30.3 Å². The number of ether oxygens (including phenoxy) is 2. The van der Waals surface area contributed by atoms with Gasteiger partial charge in [-0.25, -0.2) is 0 Å². The van der Waals surface area contributed by atoms with E-state index in [1.54, 1.807) is 18.2 Å². The molecule has 33 heavy (non-hydrogen) atoms. The summed E-state index contributed by atoms with van der Waals surface area (Å²) in [5.74, 6) is -0.0102. The molecule has 4 aromatic rings. The van der Waals surface area contributed by atoms with Crippen LogP contribution in [0.4, 0.5) is 13.2 Å². The maximum atomic E-state index is 12.7. The lowest BCUT2D eigenvalue weighted by molar-refractivity contribution is -0.138. The van der Waals surface area contributed by atoms with E-state index in [-0.39, 0.29) is 19.6 Å². The maximum absolute atomic E-state index is 12.7. The number of halogens is 3. The summed E-state index contributed by atoms with van der Waals surface area (Å²) in [6.45, 7) is 0.478. The van der Waals surface area contributed by atoms with Crippen molar-refractivity contribution in [1.82, 2.24) is 0 Å². The Morgan fingerprint density at radius 3 is 2.15 bits per heavy atom. The minimum Gasteiger partial charge on any atom is -0.489 e. The Labute approximate surface area is 187 Å². The molecule has 0 radical (unpaired) electrons. The van der Waals surface area contributed by atoms with Crippen LogP contribution >= 0.6 is 0 Å². The molecule has 0 unspecified atom stereocenters. The van der Waals surface area contributed by atoms with Crippen molar-refractivity contribution in [2.24, 2.45) is 0 Å². The van der Waals surface area contributed by atoms with E-state index in [2.05, 4.69) is 0 Å². The van der Waals surface area contributed by atoms with Gasteiger partial charge in [-0.05, 0) is 53.6 Å². The van der Waals surface area contributed by atoms with E-state index in [9.17, 15) is 18.0 Å². The van der Waals surface area contributed by atoms with Gasteiger partial charge in [-0.1, -0.05) is 18.2 Å². The molecule has 4 rings (SSSR count). The third kappa shape index (κ3) is 5.65. The second-order valence-corrected chi connectivity index (χ2v) is 7.41. The standard InChI is InChI=1S/C25H19F3O5/c26-25(27,28)19-4-6-20(7-5-19)31-13-16-2-1-3-17(10-16)14-32-21-8-9-22-18(11-24(29)30)15-33-23(22)12-21/h1-10,12,15H,11,13-14H2,(H,29,30). The molecule has 1 heterocycles. The Hall–Kier alpha value is -3.94. The lowest BCUT2D eigenvalue weighted by Crippen LogP contribution is -2.04. The van der Waals surface area contributed by atoms with Crippen molar-refractivity contribution in [3.8, 4) is 11.5 Å². The molecule has 170 valence electrons. The van der Waals surface area contributed by atoms with Gasteiger partial charge in [0.2, 0.25) is 0 Å². The first-order valence-corrected chi connectivity index (χ1v) is 10.0. The Balaban J connectivity index is 1.36. The summed E-state index contributed by atoms with van der Waals surface area (Å²) < 4.78 is 54.8. The van der Waals surface area contributed by atoms with E-state index in [1.165, 1.54) is 18.4 Å². The van der Waals surface area contributed by atoms with E-state index in [1.807, 2.05) is 24.3 Å². The van der Waals surface area contributed by atoms with Crippen LogP contribution < -0.4 is 9.47 Å². The number of aliphatic carboxylic acids is 1. The number of furan rings is 1. The fourth-order valence-electron chi connectivity index (χ4n) is 3.34. The van der Waals surface area contributed by atoms with Crippen molar-refractivity contribution in [2.75, 3.05) is 0 Å². The number of benzene rings is 3. The second kappa shape index (κ2) is 9.28. The summed E-state index contributed by atoms with van der Waals surface area (Å²) in [6.07, 6.45) is -3.06. The number of carboxylic acid groups (broad SMARTS) is 1. The molecule has 0 atom stereocenters. The van der Waals surface area contributed by atoms with Crippen LogP contribution in [-0.4, -0.2) is 11.1 Å². The fourth-order valence-corrected chi connectivity index (χ4v) is 3.34. The third-order valence-electron chi connectivity index (χ3n) is 4.95. The summed E-state index contributed by atoms with van der Waals surface area (Å²) in [4.78, 5) is 10.9.